The number of hydrogen-bond donors (Lipinski definition) is 7. The summed E-state index contributed by atoms with van der Waals surface area (Å²) in [6, 6.07) is -4.34. The summed E-state index contributed by atoms with van der Waals surface area (Å²) in [5.41, 5.74) is 11.5. The SMILES string of the molecule is CSCCC(N)C(=O)NC(Cc1cnc[nH]1)C(=O)NC(C)C(=O)NC(CCC(N)=O)C(=O)O. The molecule has 0 fully saturated rings. The first-order chi connectivity index (χ1) is 15.5. The topological polar surface area (TPSA) is 222 Å². The number of hydrogen-bond acceptors (Lipinski definition) is 8. The number of amides is 4. The van der Waals surface area contributed by atoms with Gasteiger partial charge in [-0.25, -0.2) is 9.78 Å². The minimum Gasteiger partial charge on any atom is -0.480 e. The second-order valence-corrected chi connectivity index (χ2v) is 8.35. The first kappa shape index (κ1) is 27.9. The smallest absolute Gasteiger partial charge is 0.326 e. The molecule has 13 nitrogen and oxygen atoms in total. The van der Waals surface area contributed by atoms with E-state index < -0.39 is 53.8 Å². The van der Waals surface area contributed by atoms with Gasteiger partial charge in [0.1, 0.15) is 18.1 Å². The van der Waals surface area contributed by atoms with Gasteiger partial charge in [0.2, 0.25) is 23.6 Å². The Balaban J connectivity index is 2.80. The quantitative estimate of drug-likeness (QED) is 0.144. The maximum Gasteiger partial charge on any atom is 0.326 e. The van der Waals surface area contributed by atoms with Crippen molar-refractivity contribution < 1.29 is 29.1 Å². The second kappa shape index (κ2) is 14.1. The van der Waals surface area contributed by atoms with Gasteiger partial charge in [-0.3, -0.25) is 19.2 Å². The Morgan fingerprint density at radius 3 is 2.30 bits per heavy atom. The lowest BCUT2D eigenvalue weighted by Crippen LogP contribution is -2.57. The fourth-order valence-electron chi connectivity index (χ4n) is 2.70. The van der Waals surface area contributed by atoms with Crippen molar-refractivity contribution in [2.24, 2.45) is 11.5 Å². The Morgan fingerprint density at radius 2 is 1.76 bits per heavy atom. The molecule has 1 heterocycles. The molecule has 4 atom stereocenters. The molecule has 0 aromatic carbocycles. The van der Waals surface area contributed by atoms with Crippen LogP contribution in [-0.2, 0) is 30.4 Å². The van der Waals surface area contributed by atoms with Crippen molar-refractivity contribution in [3.63, 3.8) is 0 Å². The lowest BCUT2D eigenvalue weighted by molar-refractivity contribution is -0.142. The van der Waals surface area contributed by atoms with Crippen LogP contribution in [0.15, 0.2) is 12.5 Å². The fourth-order valence-corrected chi connectivity index (χ4v) is 3.19. The Morgan fingerprint density at radius 1 is 1.09 bits per heavy atom. The maximum absolute atomic E-state index is 12.8. The number of aromatic amines is 1. The van der Waals surface area contributed by atoms with Gasteiger partial charge in [-0.2, -0.15) is 11.8 Å². The number of carbonyl (C=O) groups is 5. The molecule has 0 aliphatic carbocycles. The second-order valence-electron chi connectivity index (χ2n) is 7.36. The van der Waals surface area contributed by atoms with E-state index in [1.807, 2.05) is 6.26 Å². The summed E-state index contributed by atoms with van der Waals surface area (Å²) in [7, 11) is 0. The van der Waals surface area contributed by atoms with E-state index in [9.17, 15) is 29.1 Å². The third-order valence-corrected chi connectivity index (χ3v) is 5.27. The van der Waals surface area contributed by atoms with Crippen LogP contribution in [0.25, 0.3) is 0 Å². The normalized spacial score (nSPS) is 14.4. The Bertz CT molecular complexity index is 820. The molecule has 33 heavy (non-hydrogen) atoms. The summed E-state index contributed by atoms with van der Waals surface area (Å²) < 4.78 is 0. The zero-order chi connectivity index (χ0) is 25.0. The number of carbonyl (C=O) groups excluding carboxylic acids is 4. The lowest BCUT2D eigenvalue weighted by atomic mass is 10.1. The van der Waals surface area contributed by atoms with E-state index in [4.69, 9.17) is 11.5 Å². The number of thioether (sulfide) groups is 1. The predicted molar refractivity (Wildman–Crippen MR) is 121 cm³/mol. The van der Waals surface area contributed by atoms with Gasteiger partial charge < -0.3 is 37.5 Å². The van der Waals surface area contributed by atoms with Crippen LogP contribution >= 0.6 is 11.8 Å². The van der Waals surface area contributed by atoms with Gasteiger partial charge in [-0.1, -0.05) is 0 Å². The minimum atomic E-state index is -1.35. The Hall–Kier alpha value is -3.13. The highest BCUT2D eigenvalue weighted by Crippen LogP contribution is 2.04. The van der Waals surface area contributed by atoms with Gasteiger partial charge >= 0.3 is 5.97 Å². The maximum atomic E-state index is 12.8. The first-order valence-electron chi connectivity index (χ1n) is 10.2. The molecule has 9 N–H and O–H groups in total. The third-order valence-electron chi connectivity index (χ3n) is 4.63. The summed E-state index contributed by atoms with van der Waals surface area (Å²) in [4.78, 5) is 66.6. The monoisotopic (exact) mass is 485 g/mol. The van der Waals surface area contributed by atoms with Crippen LogP contribution in [0.5, 0.6) is 0 Å². The highest BCUT2D eigenvalue weighted by Gasteiger charge is 2.28. The highest BCUT2D eigenvalue weighted by atomic mass is 32.2. The molecular weight excluding hydrogens is 454 g/mol. The van der Waals surface area contributed by atoms with Crippen molar-refractivity contribution in [1.29, 1.82) is 0 Å². The predicted octanol–water partition coefficient (Wildman–Crippen LogP) is -2.14. The average molecular weight is 486 g/mol. The van der Waals surface area contributed by atoms with Crippen LogP contribution in [0.3, 0.4) is 0 Å². The van der Waals surface area contributed by atoms with Gasteiger partial charge in [0.05, 0.1) is 12.4 Å². The number of aromatic nitrogens is 2. The number of rotatable bonds is 15. The molecule has 0 spiro atoms. The summed E-state index contributed by atoms with van der Waals surface area (Å²) in [5, 5.41) is 16.5. The van der Waals surface area contributed by atoms with Crippen LogP contribution in [0.1, 0.15) is 31.9 Å². The summed E-state index contributed by atoms with van der Waals surface area (Å²) in [6.45, 7) is 1.36. The summed E-state index contributed by atoms with van der Waals surface area (Å²) >= 11 is 1.54. The number of nitrogens with two attached hydrogens (primary N) is 2. The number of imidazole rings is 1. The van der Waals surface area contributed by atoms with Gasteiger partial charge in [-0.05, 0) is 31.8 Å². The van der Waals surface area contributed by atoms with Gasteiger partial charge in [0.15, 0.2) is 0 Å². The van der Waals surface area contributed by atoms with Crippen LogP contribution in [0, 0.1) is 0 Å². The highest BCUT2D eigenvalue weighted by molar-refractivity contribution is 7.98. The van der Waals surface area contributed by atoms with Crippen LogP contribution in [0.2, 0.25) is 0 Å². The number of nitrogens with one attached hydrogen (secondary N) is 4. The van der Waals surface area contributed by atoms with Crippen molar-refractivity contribution >= 4 is 41.4 Å². The molecule has 0 radical (unpaired) electrons. The Labute approximate surface area is 195 Å². The molecule has 4 amide bonds. The van der Waals surface area contributed by atoms with E-state index in [2.05, 4.69) is 25.9 Å². The van der Waals surface area contributed by atoms with E-state index in [0.717, 1.165) is 0 Å². The zero-order valence-corrected chi connectivity index (χ0v) is 19.3. The van der Waals surface area contributed by atoms with Crippen molar-refractivity contribution in [2.75, 3.05) is 12.0 Å². The first-order valence-corrected chi connectivity index (χ1v) is 11.6. The standard InChI is InChI=1S/C19H31N7O6S/c1-10(16(28)25-13(19(31)32)3-4-15(21)27)24-18(30)14(7-11-8-22-9-23-11)26-17(29)12(20)5-6-33-2/h8-10,12-14H,3-7,20H2,1-2H3,(H2,21,27)(H,22,23)(H,24,30)(H,25,28)(H,26,29)(H,31,32). The summed E-state index contributed by atoms with van der Waals surface area (Å²) in [5.74, 6) is -3.33. The molecule has 1 rings (SSSR count). The molecule has 0 saturated carbocycles. The van der Waals surface area contributed by atoms with E-state index in [0.29, 0.717) is 17.9 Å². The number of carboxylic acids is 1. The van der Waals surface area contributed by atoms with Crippen molar-refractivity contribution in [1.82, 2.24) is 25.9 Å². The fraction of sp³-hybridized carbons (Fsp3) is 0.579. The van der Waals surface area contributed by atoms with E-state index >= 15 is 0 Å². The van der Waals surface area contributed by atoms with Crippen molar-refractivity contribution in [2.45, 2.75) is 56.8 Å². The number of primary amides is 1. The number of H-pyrrole nitrogens is 1. The zero-order valence-electron chi connectivity index (χ0n) is 18.5. The van der Waals surface area contributed by atoms with E-state index in [-0.39, 0.29) is 19.3 Å². The van der Waals surface area contributed by atoms with E-state index in [1.165, 1.54) is 31.2 Å². The largest absolute Gasteiger partial charge is 0.480 e. The average Bonchev–Trinajstić information content (AvgIpc) is 3.26. The lowest BCUT2D eigenvalue weighted by Gasteiger charge is -2.23. The number of aliphatic carboxylic acids is 1. The molecule has 0 saturated heterocycles. The third kappa shape index (κ3) is 10.4. The van der Waals surface area contributed by atoms with Gasteiger partial charge in [-0.15, -0.1) is 0 Å². The number of carboxylic acid groups (broad SMARTS) is 1. The van der Waals surface area contributed by atoms with Gasteiger partial charge in [0.25, 0.3) is 0 Å². The van der Waals surface area contributed by atoms with Crippen LogP contribution < -0.4 is 27.4 Å². The van der Waals surface area contributed by atoms with Crippen LogP contribution in [-0.4, -0.2) is 80.8 Å². The molecule has 184 valence electrons. The number of nitrogens with zero attached hydrogens (tertiary/aromatic N) is 1. The Kier molecular flexibility index (Phi) is 11.9. The summed E-state index contributed by atoms with van der Waals surface area (Å²) in [6.07, 6.45) is 4.87. The molecule has 0 aliphatic rings. The van der Waals surface area contributed by atoms with Crippen molar-refractivity contribution in [3.8, 4) is 0 Å². The molecule has 4 unspecified atom stereocenters. The molecule has 1 aromatic heterocycles. The molecule has 14 heteroatoms. The van der Waals surface area contributed by atoms with Crippen LogP contribution in [0.4, 0.5) is 0 Å². The molecular formula is C19H31N7O6S. The van der Waals surface area contributed by atoms with E-state index in [1.54, 1.807) is 0 Å². The van der Waals surface area contributed by atoms with Crippen molar-refractivity contribution in [3.05, 3.63) is 18.2 Å². The molecule has 1 aromatic rings. The molecule has 0 bridgehead atoms. The minimum absolute atomic E-state index is 0.0670. The molecule has 0 aliphatic heterocycles. The van der Waals surface area contributed by atoms with Gasteiger partial charge in [0, 0.05) is 24.7 Å².